The number of sulfonamides is 1. The van der Waals surface area contributed by atoms with Crippen molar-refractivity contribution in [1.82, 2.24) is 10.0 Å². The van der Waals surface area contributed by atoms with Gasteiger partial charge < -0.3 is 5.32 Å². The van der Waals surface area contributed by atoms with E-state index in [4.69, 9.17) is 0 Å². The quantitative estimate of drug-likeness (QED) is 0.729. The van der Waals surface area contributed by atoms with Gasteiger partial charge in [-0.2, -0.15) is 11.3 Å². The molecule has 1 rings (SSSR count). The predicted octanol–water partition coefficient (Wildman–Crippen LogP) is 0.417. The lowest BCUT2D eigenvalue weighted by Gasteiger charge is -2.04. The summed E-state index contributed by atoms with van der Waals surface area (Å²) < 4.78 is 23.8. The molecule has 0 aliphatic heterocycles. The third-order valence-corrected chi connectivity index (χ3v) is 3.20. The van der Waals surface area contributed by atoms with E-state index in [2.05, 4.69) is 10.0 Å². The summed E-state index contributed by atoms with van der Waals surface area (Å²) in [4.78, 5) is 11.4. The van der Waals surface area contributed by atoms with E-state index in [1.165, 1.54) is 11.3 Å². The fraction of sp³-hybridized carbons (Fsp3) is 0.444. The van der Waals surface area contributed by atoms with Gasteiger partial charge in [0.15, 0.2) is 0 Å². The number of carbonyl (C=O) groups excluding carboxylic acids is 1. The fourth-order valence-corrected chi connectivity index (χ4v) is 2.19. The first-order valence-corrected chi connectivity index (χ1v) is 7.57. The van der Waals surface area contributed by atoms with Crippen molar-refractivity contribution in [2.24, 2.45) is 0 Å². The smallest absolute Gasteiger partial charge is 0.252 e. The van der Waals surface area contributed by atoms with E-state index >= 15 is 0 Å². The molecule has 2 N–H and O–H groups in total. The zero-order valence-corrected chi connectivity index (χ0v) is 10.5. The van der Waals surface area contributed by atoms with Gasteiger partial charge in [0.2, 0.25) is 10.0 Å². The molecule has 0 saturated carbocycles. The molecular formula is C9H14N2O3S2. The lowest BCUT2D eigenvalue weighted by Crippen LogP contribution is -2.29. The molecule has 5 nitrogen and oxygen atoms in total. The van der Waals surface area contributed by atoms with Crippen LogP contribution in [0.2, 0.25) is 0 Å². The van der Waals surface area contributed by atoms with Crippen LogP contribution >= 0.6 is 11.3 Å². The highest BCUT2D eigenvalue weighted by molar-refractivity contribution is 7.88. The maximum Gasteiger partial charge on any atom is 0.252 e. The van der Waals surface area contributed by atoms with E-state index < -0.39 is 10.0 Å². The summed E-state index contributed by atoms with van der Waals surface area (Å²) >= 11 is 1.46. The molecule has 0 spiro atoms. The Hall–Kier alpha value is -0.920. The van der Waals surface area contributed by atoms with Crippen molar-refractivity contribution >= 4 is 27.3 Å². The molecule has 0 atom stereocenters. The van der Waals surface area contributed by atoms with Gasteiger partial charge in [0.05, 0.1) is 6.26 Å². The molecule has 7 heteroatoms. The van der Waals surface area contributed by atoms with Gasteiger partial charge in [0, 0.05) is 24.0 Å². The standard InChI is InChI=1S/C9H14N2O3S2/c1-16(13,14)11-5-2-4-10-9(12)8-3-6-15-7-8/h3,6-7,11H,2,4-5H2,1H3,(H,10,12). The number of amides is 1. The second-order valence-electron chi connectivity index (χ2n) is 3.29. The minimum Gasteiger partial charge on any atom is -0.352 e. The van der Waals surface area contributed by atoms with Crippen LogP contribution in [0.25, 0.3) is 0 Å². The zero-order valence-electron chi connectivity index (χ0n) is 8.89. The highest BCUT2D eigenvalue weighted by Gasteiger charge is 2.04. The summed E-state index contributed by atoms with van der Waals surface area (Å²) in [5, 5.41) is 6.31. The van der Waals surface area contributed by atoms with Gasteiger partial charge in [0.25, 0.3) is 5.91 Å². The molecule has 16 heavy (non-hydrogen) atoms. The third kappa shape index (κ3) is 5.24. The maximum atomic E-state index is 11.4. The molecule has 0 aliphatic rings. The lowest BCUT2D eigenvalue weighted by molar-refractivity contribution is 0.0954. The molecule has 0 unspecified atom stereocenters. The molecule has 90 valence electrons. The molecule has 0 aromatic carbocycles. The summed E-state index contributed by atoms with van der Waals surface area (Å²) in [5.74, 6) is -0.124. The normalized spacial score (nSPS) is 11.3. The van der Waals surface area contributed by atoms with E-state index in [1.54, 1.807) is 11.4 Å². The van der Waals surface area contributed by atoms with E-state index in [9.17, 15) is 13.2 Å². The van der Waals surface area contributed by atoms with Crippen molar-refractivity contribution in [3.63, 3.8) is 0 Å². The number of thiophene rings is 1. The van der Waals surface area contributed by atoms with Crippen LogP contribution in [0.5, 0.6) is 0 Å². The van der Waals surface area contributed by atoms with Crippen LogP contribution in [0.15, 0.2) is 16.8 Å². The Labute approximate surface area is 98.9 Å². The highest BCUT2D eigenvalue weighted by Crippen LogP contribution is 2.04. The van der Waals surface area contributed by atoms with Crippen LogP contribution in [0.3, 0.4) is 0 Å². The monoisotopic (exact) mass is 262 g/mol. The minimum atomic E-state index is -3.13. The van der Waals surface area contributed by atoms with Gasteiger partial charge in [-0.15, -0.1) is 0 Å². The van der Waals surface area contributed by atoms with Crippen LogP contribution in [0.4, 0.5) is 0 Å². The van der Waals surface area contributed by atoms with E-state index in [-0.39, 0.29) is 5.91 Å². The Morgan fingerprint density at radius 1 is 1.44 bits per heavy atom. The first-order valence-electron chi connectivity index (χ1n) is 4.74. The van der Waals surface area contributed by atoms with Gasteiger partial charge in [0.1, 0.15) is 0 Å². The number of carbonyl (C=O) groups is 1. The van der Waals surface area contributed by atoms with Gasteiger partial charge in [-0.3, -0.25) is 4.79 Å². The average Bonchev–Trinajstić information content (AvgIpc) is 2.67. The summed E-state index contributed by atoms with van der Waals surface area (Å²) in [6.45, 7) is 0.792. The summed E-state index contributed by atoms with van der Waals surface area (Å²) in [6, 6.07) is 1.74. The molecular weight excluding hydrogens is 248 g/mol. The maximum absolute atomic E-state index is 11.4. The first kappa shape index (κ1) is 13.1. The summed E-state index contributed by atoms with van der Waals surface area (Å²) in [6.07, 6.45) is 1.68. The Balaban J connectivity index is 2.15. The van der Waals surface area contributed by atoms with Crippen LogP contribution in [-0.2, 0) is 10.0 Å². The molecule has 0 radical (unpaired) electrons. The van der Waals surface area contributed by atoms with Crippen LogP contribution < -0.4 is 10.0 Å². The van der Waals surface area contributed by atoms with Gasteiger partial charge in [-0.1, -0.05) is 0 Å². The summed E-state index contributed by atoms with van der Waals surface area (Å²) in [5.41, 5.74) is 0.640. The molecule has 1 aromatic heterocycles. The van der Waals surface area contributed by atoms with Gasteiger partial charge >= 0.3 is 0 Å². The molecule has 1 amide bonds. The van der Waals surface area contributed by atoms with Crippen LogP contribution in [-0.4, -0.2) is 33.7 Å². The summed E-state index contributed by atoms with van der Waals surface area (Å²) in [7, 11) is -3.13. The average molecular weight is 262 g/mol. The van der Waals surface area contributed by atoms with Crippen molar-refractivity contribution in [3.8, 4) is 0 Å². The van der Waals surface area contributed by atoms with Crippen molar-refractivity contribution in [3.05, 3.63) is 22.4 Å². The second kappa shape index (κ2) is 5.97. The Bertz CT molecular complexity index is 426. The Kier molecular flexibility index (Phi) is 4.91. The highest BCUT2D eigenvalue weighted by atomic mass is 32.2. The van der Waals surface area contributed by atoms with Crippen LogP contribution in [0.1, 0.15) is 16.8 Å². The molecule has 0 aliphatic carbocycles. The van der Waals surface area contributed by atoms with Crippen molar-refractivity contribution < 1.29 is 13.2 Å². The molecule has 1 aromatic rings. The molecule has 0 bridgehead atoms. The van der Waals surface area contributed by atoms with Gasteiger partial charge in [-0.05, 0) is 17.9 Å². The Morgan fingerprint density at radius 3 is 2.75 bits per heavy atom. The van der Waals surface area contributed by atoms with E-state index in [0.717, 1.165) is 6.26 Å². The van der Waals surface area contributed by atoms with Crippen molar-refractivity contribution in [2.45, 2.75) is 6.42 Å². The number of rotatable bonds is 6. The minimum absolute atomic E-state index is 0.124. The SMILES string of the molecule is CS(=O)(=O)NCCCNC(=O)c1ccsc1. The van der Waals surface area contributed by atoms with E-state index in [0.29, 0.717) is 25.1 Å². The first-order chi connectivity index (χ1) is 7.49. The predicted molar refractivity (Wildman–Crippen MR) is 64.1 cm³/mol. The third-order valence-electron chi connectivity index (χ3n) is 1.79. The molecule has 0 fully saturated rings. The fourth-order valence-electron chi connectivity index (χ4n) is 1.04. The number of nitrogens with one attached hydrogen (secondary N) is 2. The number of hydrogen-bond acceptors (Lipinski definition) is 4. The topological polar surface area (TPSA) is 75.3 Å². The second-order valence-corrected chi connectivity index (χ2v) is 5.90. The van der Waals surface area contributed by atoms with Crippen LogP contribution in [0, 0.1) is 0 Å². The van der Waals surface area contributed by atoms with Crippen molar-refractivity contribution in [1.29, 1.82) is 0 Å². The largest absolute Gasteiger partial charge is 0.352 e. The molecule has 1 heterocycles. The lowest BCUT2D eigenvalue weighted by atomic mass is 10.3. The van der Waals surface area contributed by atoms with Crippen molar-refractivity contribution in [2.75, 3.05) is 19.3 Å². The molecule has 0 saturated heterocycles. The van der Waals surface area contributed by atoms with Gasteiger partial charge in [-0.25, -0.2) is 13.1 Å². The zero-order chi connectivity index (χ0) is 12.0. The Morgan fingerprint density at radius 2 is 2.19 bits per heavy atom. The van der Waals surface area contributed by atoms with E-state index in [1.807, 2.05) is 5.38 Å². The number of hydrogen-bond donors (Lipinski definition) is 2.